The second kappa shape index (κ2) is 3.49. The maximum Gasteiger partial charge on any atom is 0.129 e. The monoisotopic (exact) mass is 178 g/mol. The van der Waals surface area contributed by atoms with Gasteiger partial charge in [-0.15, -0.1) is 0 Å². The normalized spacial score (nSPS) is 18.0. The van der Waals surface area contributed by atoms with Gasteiger partial charge in [0.15, 0.2) is 0 Å². The number of hydrogen-bond acceptors (Lipinski definition) is 0. The van der Waals surface area contributed by atoms with Crippen LogP contribution in [-0.2, 0) is 0 Å². The van der Waals surface area contributed by atoms with Crippen LogP contribution in [-0.4, -0.2) is 0 Å². The van der Waals surface area contributed by atoms with E-state index in [0.717, 1.165) is 11.1 Å². The second-order valence-electron chi connectivity index (χ2n) is 3.96. The number of halogens is 1. The SMILES string of the molecule is Cc1cccc(C2CCCC2)c1F. The zero-order valence-electron chi connectivity index (χ0n) is 8.02. The minimum absolute atomic E-state index is 0.0226. The highest BCUT2D eigenvalue weighted by Crippen LogP contribution is 2.35. The molecule has 0 bridgehead atoms. The summed E-state index contributed by atoms with van der Waals surface area (Å²) in [6.45, 7) is 1.84. The summed E-state index contributed by atoms with van der Waals surface area (Å²) in [6.07, 6.45) is 4.86. The summed E-state index contributed by atoms with van der Waals surface area (Å²) < 4.78 is 13.7. The van der Waals surface area contributed by atoms with Gasteiger partial charge in [0.1, 0.15) is 5.82 Å². The van der Waals surface area contributed by atoms with Gasteiger partial charge in [0.05, 0.1) is 0 Å². The van der Waals surface area contributed by atoms with Crippen LogP contribution in [0.1, 0.15) is 42.7 Å². The van der Waals surface area contributed by atoms with Crippen LogP contribution in [0.3, 0.4) is 0 Å². The molecule has 1 heteroatoms. The molecule has 1 aliphatic carbocycles. The van der Waals surface area contributed by atoms with Crippen LogP contribution in [0.5, 0.6) is 0 Å². The Morgan fingerprint density at radius 1 is 1.23 bits per heavy atom. The van der Waals surface area contributed by atoms with Gasteiger partial charge in [-0.3, -0.25) is 0 Å². The highest BCUT2D eigenvalue weighted by Gasteiger charge is 2.20. The van der Waals surface area contributed by atoms with Crippen molar-refractivity contribution in [1.29, 1.82) is 0 Å². The Labute approximate surface area is 78.8 Å². The summed E-state index contributed by atoms with van der Waals surface area (Å²) in [7, 11) is 0. The summed E-state index contributed by atoms with van der Waals surface area (Å²) in [4.78, 5) is 0. The van der Waals surface area contributed by atoms with Gasteiger partial charge in [-0.05, 0) is 36.8 Å². The smallest absolute Gasteiger partial charge is 0.129 e. The van der Waals surface area contributed by atoms with Crippen molar-refractivity contribution in [3.05, 3.63) is 35.1 Å². The standard InChI is InChI=1S/C12H15F/c1-9-5-4-8-11(12(9)13)10-6-2-3-7-10/h4-5,8,10H,2-3,6-7H2,1H3. The van der Waals surface area contributed by atoms with E-state index in [4.69, 9.17) is 0 Å². The molecule has 1 fully saturated rings. The highest BCUT2D eigenvalue weighted by atomic mass is 19.1. The van der Waals surface area contributed by atoms with Crippen molar-refractivity contribution in [3.63, 3.8) is 0 Å². The van der Waals surface area contributed by atoms with Gasteiger partial charge in [-0.2, -0.15) is 0 Å². The van der Waals surface area contributed by atoms with E-state index in [-0.39, 0.29) is 5.82 Å². The zero-order valence-corrected chi connectivity index (χ0v) is 8.02. The fourth-order valence-corrected chi connectivity index (χ4v) is 2.22. The lowest BCUT2D eigenvalue weighted by Gasteiger charge is -2.11. The number of rotatable bonds is 1. The molecule has 2 rings (SSSR count). The molecule has 70 valence electrons. The Kier molecular flexibility index (Phi) is 2.34. The fraction of sp³-hybridized carbons (Fsp3) is 0.500. The van der Waals surface area contributed by atoms with Crippen LogP contribution in [0.25, 0.3) is 0 Å². The van der Waals surface area contributed by atoms with Crippen molar-refractivity contribution in [2.45, 2.75) is 38.5 Å². The topological polar surface area (TPSA) is 0 Å². The molecule has 0 atom stereocenters. The van der Waals surface area contributed by atoms with E-state index in [0.29, 0.717) is 5.92 Å². The van der Waals surface area contributed by atoms with Gasteiger partial charge in [-0.1, -0.05) is 31.0 Å². The van der Waals surface area contributed by atoms with Gasteiger partial charge in [0.25, 0.3) is 0 Å². The summed E-state index contributed by atoms with van der Waals surface area (Å²) in [5, 5.41) is 0. The van der Waals surface area contributed by atoms with Crippen LogP contribution < -0.4 is 0 Å². The average Bonchev–Trinajstić information content (AvgIpc) is 2.62. The zero-order chi connectivity index (χ0) is 9.26. The maximum absolute atomic E-state index is 13.7. The van der Waals surface area contributed by atoms with Gasteiger partial charge in [-0.25, -0.2) is 4.39 Å². The first-order chi connectivity index (χ1) is 6.29. The Balaban J connectivity index is 2.33. The third kappa shape index (κ3) is 1.60. The molecular formula is C12H15F. The molecule has 0 N–H and O–H groups in total. The van der Waals surface area contributed by atoms with Crippen molar-refractivity contribution >= 4 is 0 Å². The Hall–Kier alpha value is -0.850. The first kappa shape index (κ1) is 8.74. The maximum atomic E-state index is 13.7. The molecule has 1 aromatic rings. The van der Waals surface area contributed by atoms with E-state index in [1.807, 2.05) is 25.1 Å². The molecule has 1 aromatic carbocycles. The highest BCUT2D eigenvalue weighted by molar-refractivity contribution is 5.28. The minimum atomic E-state index is 0.0226. The summed E-state index contributed by atoms with van der Waals surface area (Å²) >= 11 is 0. The van der Waals surface area contributed by atoms with Crippen molar-refractivity contribution in [1.82, 2.24) is 0 Å². The van der Waals surface area contributed by atoms with E-state index in [9.17, 15) is 4.39 Å². The molecule has 0 heterocycles. The first-order valence-electron chi connectivity index (χ1n) is 5.04. The summed E-state index contributed by atoms with van der Waals surface area (Å²) in [6, 6.07) is 5.75. The molecule has 0 aliphatic heterocycles. The molecule has 13 heavy (non-hydrogen) atoms. The van der Waals surface area contributed by atoms with E-state index in [1.54, 1.807) is 0 Å². The third-order valence-corrected chi connectivity index (χ3v) is 3.02. The Bertz CT molecular complexity index is 298. The second-order valence-corrected chi connectivity index (χ2v) is 3.96. The molecule has 0 unspecified atom stereocenters. The molecular weight excluding hydrogens is 163 g/mol. The predicted octanol–water partition coefficient (Wildman–Crippen LogP) is 3.79. The molecule has 0 nitrogen and oxygen atoms in total. The molecule has 0 spiro atoms. The lowest BCUT2D eigenvalue weighted by atomic mass is 9.95. The largest absolute Gasteiger partial charge is 0.206 e. The van der Waals surface area contributed by atoms with Crippen molar-refractivity contribution in [3.8, 4) is 0 Å². The molecule has 1 aliphatic rings. The molecule has 0 radical (unpaired) electrons. The van der Waals surface area contributed by atoms with E-state index < -0.39 is 0 Å². The van der Waals surface area contributed by atoms with Gasteiger partial charge >= 0.3 is 0 Å². The number of benzene rings is 1. The van der Waals surface area contributed by atoms with Crippen LogP contribution in [0, 0.1) is 12.7 Å². The van der Waals surface area contributed by atoms with Crippen molar-refractivity contribution in [2.24, 2.45) is 0 Å². The lowest BCUT2D eigenvalue weighted by molar-refractivity contribution is 0.573. The quantitative estimate of drug-likeness (QED) is 0.613. The van der Waals surface area contributed by atoms with Crippen LogP contribution in [0.2, 0.25) is 0 Å². The Morgan fingerprint density at radius 2 is 1.92 bits per heavy atom. The van der Waals surface area contributed by atoms with E-state index in [2.05, 4.69) is 0 Å². The minimum Gasteiger partial charge on any atom is -0.206 e. The van der Waals surface area contributed by atoms with Crippen molar-refractivity contribution < 1.29 is 4.39 Å². The molecule has 1 saturated carbocycles. The van der Waals surface area contributed by atoms with Crippen LogP contribution in [0.4, 0.5) is 4.39 Å². The van der Waals surface area contributed by atoms with E-state index in [1.165, 1.54) is 25.7 Å². The lowest BCUT2D eigenvalue weighted by Crippen LogP contribution is -1.98. The molecule has 0 saturated heterocycles. The van der Waals surface area contributed by atoms with E-state index >= 15 is 0 Å². The summed E-state index contributed by atoms with van der Waals surface area (Å²) in [5.74, 6) is 0.509. The molecule has 0 aromatic heterocycles. The van der Waals surface area contributed by atoms with Gasteiger partial charge in [0.2, 0.25) is 0 Å². The van der Waals surface area contributed by atoms with Crippen molar-refractivity contribution in [2.75, 3.05) is 0 Å². The van der Waals surface area contributed by atoms with Crippen LogP contribution >= 0.6 is 0 Å². The van der Waals surface area contributed by atoms with Crippen LogP contribution in [0.15, 0.2) is 18.2 Å². The van der Waals surface area contributed by atoms with Gasteiger partial charge < -0.3 is 0 Å². The molecule has 0 amide bonds. The number of aryl methyl sites for hydroxylation is 1. The number of hydrogen-bond donors (Lipinski definition) is 0. The average molecular weight is 178 g/mol. The summed E-state index contributed by atoms with van der Waals surface area (Å²) in [5.41, 5.74) is 1.72. The first-order valence-corrected chi connectivity index (χ1v) is 5.04. The third-order valence-electron chi connectivity index (χ3n) is 3.02. The predicted molar refractivity (Wildman–Crippen MR) is 52.3 cm³/mol. The van der Waals surface area contributed by atoms with Gasteiger partial charge in [0, 0.05) is 0 Å². The fourth-order valence-electron chi connectivity index (χ4n) is 2.22. The Morgan fingerprint density at radius 3 is 2.62 bits per heavy atom.